The predicted molar refractivity (Wildman–Crippen MR) is 254 cm³/mol. The van der Waals surface area contributed by atoms with Gasteiger partial charge in [-0.3, -0.25) is 0 Å². The number of nitrogens with zero attached hydrogens (tertiary/aromatic N) is 2. The maximum absolute atomic E-state index is 2.60. The Morgan fingerprint density at radius 1 is 0.367 bits per heavy atom. The van der Waals surface area contributed by atoms with E-state index in [1.807, 2.05) is 0 Å². The van der Waals surface area contributed by atoms with Crippen molar-refractivity contribution in [2.45, 2.75) is 38.5 Å². The molecule has 2 heteroatoms. The molecular weight excluding hydrogens is 725 g/mol. The van der Waals surface area contributed by atoms with Gasteiger partial charge in [0, 0.05) is 43.8 Å². The molecule has 0 aliphatic heterocycles. The summed E-state index contributed by atoms with van der Waals surface area (Å²) < 4.78 is 2.50. The summed E-state index contributed by atoms with van der Waals surface area (Å²) in [4.78, 5) is 2.60. The second-order valence-electron chi connectivity index (χ2n) is 17.7. The number of anilines is 3. The zero-order valence-corrected chi connectivity index (χ0v) is 34.4. The first-order valence-corrected chi connectivity index (χ1v) is 21.2. The third-order valence-corrected chi connectivity index (χ3v) is 13.8. The lowest BCUT2D eigenvalue weighted by atomic mass is 9.82. The fraction of sp³-hybridized carbons (Fsp3) is 0.103. The van der Waals surface area contributed by atoms with Crippen molar-refractivity contribution in [1.29, 1.82) is 0 Å². The third-order valence-electron chi connectivity index (χ3n) is 13.8. The summed E-state index contributed by atoms with van der Waals surface area (Å²) in [7, 11) is 0. The maximum atomic E-state index is 2.60. The molecule has 0 atom stereocenters. The lowest BCUT2D eigenvalue weighted by molar-refractivity contribution is 0.660. The maximum Gasteiger partial charge on any atom is 0.0567 e. The molecule has 9 aromatic carbocycles. The van der Waals surface area contributed by atoms with E-state index in [1.165, 1.54) is 93.9 Å². The number of hydrogen-bond donors (Lipinski definition) is 0. The molecule has 0 N–H and O–H groups in total. The van der Waals surface area contributed by atoms with E-state index >= 15 is 0 Å². The van der Waals surface area contributed by atoms with Gasteiger partial charge in [0.05, 0.1) is 28.1 Å². The van der Waals surface area contributed by atoms with Crippen molar-refractivity contribution in [2.24, 2.45) is 0 Å². The minimum absolute atomic E-state index is 0.158. The molecule has 10 aromatic rings. The predicted octanol–water partition coefficient (Wildman–Crippen LogP) is 15.7. The molecule has 1 heterocycles. The number of benzene rings is 9. The highest BCUT2D eigenvalue weighted by Gasteiger charge is 2.40. The quantitative estimate of drug-likeness (QED) is 0.169. The highest BCUT2D eigenvalue weighted by molar-refractivity contribution is 6.14. The van der Waals surface area contributed by atoms with Crippen LogP contribution in [0.2, 0.25) is 0 Å². The van der Waals surface area contributed by atoms with Crippen molar-refractivity contribution in [1.82, 2.24) is 4.57 Å². The number of aromatic nitrogens is 1. The fourth-order valence-corrected chi connectivity index (χ4v) is 11.0. The Bertz CT molecular complexity index is 3330. The van der Waals surface area contributed by atoms with E-state index in [1.54, 1.807) is 0 Å². The van der Waals surface area contributed by atoms with Crippen LogP contribution in [0.5, 0.6) is 0 Å². The first-order valence-electron chi connectivity index (χ1n) is 21.2. The molecule has 2 nitrogen and oxygen atoms in total. The molecule has 2 aliphatic rings. The topological polar surface area (TPSA) is 8.17 Å². The van der Waals surface area contributed by atoms with Crippen molar-refractivity contribution in [3.05, 3.63) is 216 Å². The zero-order chi connectivity index (χ0) is 40.3. The normalized spacial score (nSPS) is 14.3. The van der Waals surface area contributed by atoms with Gasteiger partial charge in [-0.2, -0.15) is 0 Å². The molecule has 286 valence electrons. The van der Waals surface area contributed by atoms with Crippen LogP contribution in [0.15, 0.2) is 194 Å². The monoisotopic (exact) mass is 768 g/mol. The van der Waals surface area contributed by atoms with E-state index in [0.717, 1.165) is 17.1 Å². The molecule has 0 amide bonds. The summed E-state index contributed by atoms with van der Waals surface area (Å²) in [5.74, 6) is 0. The second-order valence-corrected chi connectivity index (χ2v) is 17.7. The van der Waals surface area contributed by atoms with Crippen LogP contribution in [-0.2, 0) is 10.8 Å². The van der Waals surface area contributed by atoms with Crippen molar-refractivity contribution in [2.75, 3.05) is 4.90 Å². The lowest BCUT2D eigenvalue weighted by Crippen LogP contribution is -2.18. The molecule has 2 aliphatic carbocycles. The Morgan fingerprint density at radius 2 is 0.900 bits per heavy atom. The van der Waals surface area contributed by atoms with Gasteiger partial charge in [-0.05, 0) is 86.3 Å². The summed E-state index contributed by atoms with van der Waals surface area (Å²) in [6.45, 7) is 9.53. The van der Waals surface area contributed by atoms with E-state index in [2.05, 4.69) is 231 Å². The van der Waals surface area contributed by atoms with Gasteiger partial charge in [-0.1, -0.05) is 185 Å². The molecule has 0 fully saturated rings. The molecule has 1 aromatic heterocycles. The van der Waals surface area contributed by atoms with Crippen molar-refractivity contribution < 1.29 is 0 Å². The van der Waals surface area contributed by atoms with Gasteiger partial charge >= 0.3 is 0 Å². The first-order chi connectivity index (χ1) is 29.3. The van der Waals surface area contributed by atoms with Crippen LogP contribution in [0.25, 0.3) is 71.6 Å². The Hall–Kier alpha value is -7.16. The van der Waals surface area contributed by atoms with Crippen LogP contribution in [0, 0.1) is 0 Å². The minimum Gasteiger partial charge on any atom is -0.309 e. The molecule has 60 heavy (non-hydrogen) atoms. The molecule has 0 saturated heterocycles. The van der Waals surface area contributed by atoms with E-state index in [9.17, 15) is 0 Å². The number of fused-ring (bicyclic) bond motifs is 10. The van der Waals surface area contributed by atoms with Crippen LogP contribution >= 0.6 is 0 Å². The van der Waals surface area contributed by atoms with E-state index in [-0.39, 0.29) is 10.8 Å². The summed E-state index contributed by atoms with van der Waals surface area (Å²) in [6, 6.07) is 72.5. The van der Waals surface area contributed by atoms with Crippen LogP contribution in [-0.4, -0.2) is 4.57 Å². The molecule has 0 bridgehead atoms. The van der Waals surface area contributed by atoms with Gasteiger partial charge < -0.3 is 9.47 Å². The highest BCUT2D eigenvalue weighted by Crippen LogP contribution is 2.57. The molecule has 0 radical (unpaired) electrons. The highest BCUT2D eigenvalue weighted by atomic mass is 15.2. The molecule has 0 spiro atoms. The molecule has 0 saturated carbocycles. The second kappa shape index (κ2) is 12.7. The standard InChI is InChI=1S/C58H44N2/c1-57(2)47-28-15-11-26-45(47)56-48(57)29-18-32-52(56)59(38-33-34-40-39-21-10-14-27-46(39)58(3,4)49(40)35-38)54-36-53(43-24-8-9-25-44(43)55(54)37-19-6-5-7-20-37)60-50-30-16-12-22-41(50)42-23-13-17-31-51(42)60/h5-36H,1-4H3. The fourth-order valence-electron chi connectivity index (χ4n) is 11.0. The summed E-state index contributed by atoms with van der Waals surface area (Å²) in [5, 5.41) is 4.93. The molecule has 12 rings (SSSR count). The van der Waals surface area contributed by atoms with Gasteiger partial charge in [0.25, 0.3) is 0 Å². The van der Waals surface area contributed by atoms with E-state index in [0.29, 0.717) is 0 Å². The first kappa shape index (κ1) is 34.8. The summed E-state index contributed by atoms with van der Waals surface area (Å²) in [5.41, 5.74) is 19.8. The van der Waals surface area contributed by atoms with Gasteiger partial charge in [0.15, 0.2) is 0 Å². The third kappa shape index (κ3) is 4.76. The molecular formula is C58H44N2. The van der Waals surface area contributed by atoms with E-state index in [4.69, 9.17) is 0 Å². The van der Waals surface area contributed by atoms with Crippen LogP contribution in [0.3, 0.4) is 0 Å². The Morgan fingerprint density at radius 3 is 1.62 bits per heavy atom. The average molecular weight is 769 g/mol. The van der Waals surface area contributed by atoms with Gasteiger partial charge in [0.1, 0.15) is 0 Å². The lowest BCUT2D eigenvalue weighted by Gasteiger charge is -2.33. The number of para-hydroxylation sites is 2. The Kier molecular flexibility index (Phi) is 7.36. The average Bonchev–Trinajstić information content (AvgIpc) is 3.84. The smallest absolute Gasteiger partial charge is 0.0567 e. The summed E-state index contributed by atoms with van der Waals surface area (Å²) in [6.07, 6.45) is 0. The van der Waals surface area contributed by atoms with Gasteiger partial charge in [-0.15, -0.1) is 0 Å². The van der Waals surface area contributed by atoms with Crippen LogP contribution < -0.4 is 4.90 Å². The Balaban J connectivity index is 1.25. The molecule has 0 unspecified atom stereocenters. The van der Waals surface area contributed by atoms with Crippen LogP contribution in [0.4, 0.5) is 17.1 Å². The van der Waals surface area contributed by atoms with Crippen molar-refractivity contribution in [3.63, 3.8) is 0 Å². The van der Waals surface area contributed by atoms with Gasteiger partial charge in [-0.25, -0.2) is 0 Å². The van der Waals surface area contributed by atoms with E-state index < -0.39 is 0 Å². The largest absolute Gasteiger partial charge is 0.309 e. The zero-order valence-electron chi connectivity index (χ0n) is 34.4. The van der Waals surface area contributed by atoms with Crippen LogP contribution in [0.1, 0.15) is 49.9 Å². The number of rotatable bonds is 5. The minimum atomic E-state index is -0.166. The SMILES string of the molecule is CC1(C)c2ccccc2-c2ccc(N(c3cccc4c3-c3ccccc3C4(C)C)c3cc(-n4c5ccccc5c5ccccc54)c4ccccc4c3-c3ccccc3)cc21. The Labute approximate surface area is 351 Å². The summed E-state index contributed by atoms with van der Waals surface area (Å²) >= 11 is 0. The van der Waals surface area contributed by atoms with Gasteiger partial charge in [0.2, 0.25) is 0 Å². The number of hydrogen-bond acceptors (Lipinski definition) is 1. The van der Waals surface area contributed by atoms with Crippen molar-refractivity contribution >= 4 is 49.6 Å². The van der Waals surface area contributed by atoms with Crippen molar-refractivity contribution in [3.8, 4) is 39.1 Å².